The second-order valence-electron chi connectivity index (χ2n) is 12.7. The highest BCUT2D eigenvalue weighted by molar-refractivity contribution is 5.91. The van der Waals surface area contributed by atoms with Crippen molar-refractivity contribution in [3.05, 3.63) is 30.3 Å². The SMILES string of the molecule is CC(C)(C)C.CC1CC(C#N)N(C(=O)CN(C)C(=O)C(CC2CC2)NC(=O)C(C)C)C1.O=CNc1ccccc1. The van der Waals surface area contributed by atoms with E-state index in [4.69, 9.17) is 0 Å². The van der Waals surface area contributed by atoms with Gasteiger partial charge in [-0.3, -0.25) is 19.2 Å². The number of benzene rings is 1. The molecule has 1 heterocycles. The number of anilines is 1. The van der Waals surface area contributed by atoms with Crippen molar-refractivity contribution in [3.63, 3.8) is 0 Å². The van der Waals surface area contributed by atoms with Gasteiger partial charge >= 0.3 is 0 Å². The van der Waals surface area contributed by atoms with Gasteiger partial charge in [0.05, 0.1) is 12.6 Å². The van der Waals surface area contributed by atoms with Crippen LogP contribution < -0.4 is 10.6 Å². The van der Waals surface area contributed by atoms with Gasteiger partial charge in [-0.2, -0.15) is 5.26 Å². The summed E-state index contributed by atoms with van der Waals surface area (Å²) in [6.45, 7) is 14.8. The maximum Gasteiger partial charge on any atom is 0.245 e. The molecule has 0 bridgehead atoms. The molecule has 4 amide bonds. The fraction of sp³-hybridized carbons (Fsp3) is 0.645. The van der Waals surface area contributed by atoms with Crippen LogP contribution in [-0.2, 0) is 19.2 Å². The summed E-state index contributed by atoms with van der Waals surface area (Å²) < 4.78 is 0. The van der Waals surface area contributed by atoms with Gasteiger partial charge in [-0.25, -0.2) is 0 Å². The van der Waals surface area contributed by atoms with E-state index in [1.54, 1.807) is 25.8 Å². The van der Waals surface area contributed by atoms with Crippen LogP contribution in [0.2, 0.25) is 0 Å². The summed E-state index contributed by atoms with van der Waals surface area (Å²) in [5.74, 6) is -0.0295. The minimum absolute atomic E-state index is 0.0670. The zero-order valence-electron chi connectivity index (χ0n) is 25.6. The molecule has 9 nitrogen and oxygen atoms in total. The molecule has 3 atom stereocenters. The largest absolute Gasteiger partial charge is 0.344 e. The first-order chi connectivity index (χ1) is 18.7. The predicted octanol–water partition coefficient (Wildman–Crippen LogP) is 4.45. The Labute approximate surface area is 240 Å². The lowest BCUT2D eigenvalue weighted by molar-refractivity contribution is -0.142. The first-order valence-electron chi connectivity index (χ1n) is 14.2. The molecule has 2 fully saturated rings. The fourth-order valence-corrected chi connectivity index (χ4v) is 3.93. The third-order valence-electron chi connectivity index (χ3n) is 6.13. The van der Waals surface area contributed by atoms with E-state index in [0.29, 0.717) is 37.1 Å². The maximum absolute atomic E-state index is 12.8. The van der Waals surface area contributed by atoms with Crippen molar-refractivity contribution >= 4 is 29.8 Å². The minimum atomic E-state index is -0.584. The highest BCUT2D eigenvalue weighted by Crippen LogP contribution is 2.34. The average Bonchev–Trinajstić information content (AvgIpc) is 3.61. The van der Waals surface area contributed by atoms with E-state index in [1.165, 1.54) is 4.90 Å². The highest BCUT2D eigenvalue weighted by atomic mass is 16.2. The molecular formula is C31H49N5O4. The normalized spacial score (nSPS) is 18.6. The van der Waals surface area contributed by atoms with Crippen molar-refractivity contribution in [1.82, 2.24) is 15.1 Å². The first-order valence-corrected chi connectivity index (χ1v) is 14.2. The second kappa shape index (κ2) is 16.6. The van der Waals surface area contributed by atoms with Crippen molar-refractivity contribution < 1.29 is 19.2 Å². The van der Waals surface area contributed by atoms with Gasteiger partial charge in [-0.15, -0.1) is 0 Å². The summed E-state index contributed by atoms with van der Waals surface area (Å²) in [5.41, 5.74) is 1.33. The number of rotatable bonds is 9. The van der Waals surface area contributed by atoms with Gasteiger partial charge in [0, 0.05) is 25.2 Å². The topological polar surface area (TPSA) is 123 Å². The Morgan fingerprint density at radius 2 is 1.73 bits per heavy atom. The van der Waals surface area contributed by atoms with E-state index in [9.17, 15) is 24.4 Å². The van der Waals surface area contributed by atoms with Crippen LogP contribution in [-0.4, -0.2) is 66.2 Å². The lowest BCUT2D eigenvalue weighted by Crippen LogP contribution is -2.51. The van der Waals surface area contributed by atoms with Crippen LogP contribution in [0.4, 0.5) is 5.69 Å². The highest BCUT2D eigenvalue weighted by Gasteiger charge is 2.36. The van der Waals surface area contributed by atoms with Gasteiger partial charge in [0.25, 0.3) is 0 Å². The standard InChI is InChI=1S/C19H30N4O3.C7H7NO.C5H12/c1-12(2)18(25)21-16(8-14-5-6-14)19(26)22(4)11-17(24)23-10-13(3)7-15(23)9-20;9-6-8-7-4-2-1-3-5-7;1-5(2,3)4/h12-16H,5-8,10-11H2,1-4H3,(H,21,25);1-6H,(H,8,9);1-4H3. The predicted molar refractivity (Wildman–Crippen MR) is 158 cm³/mol. The van der Waals surface area contributed by atoms with Crippen molar-refractivity contribution in [1.29, 1.82) is 5.26 Å². The number of likely N-dealkylation sites (tertiary alicyclic amines) is 1. The molecule has 3 rings (SSSR count). The van der Waals surface area contributed by atoms with Crippen LogP contribution in [0.1, 0.15) is 74.1 Å². The molecule has 1 aliphatic carbocycles. The molecule has 2 aliphatic rings. The summed E-state index contributed by atoms with van der Waals surface area (Å²) in [5, 5.41) is 14.6. The first kappa shape index (κ1) is 34.6. The van der Waals surface area contributed by atoms with Crippen molar-refractivity contribution in [2.75, 3.05) is 25.5 Å². The molecule has 0 aromatic heterocycles. The molecule has 1 saturated heterocycles. The molecule has 0 spiro atoms. The number of nitrogens with one attached hydrogen (secondary N) is 2. The van der Waals surface area contributed by atoms with Crippen molar-refractivity contribution in [2.45, 2.75) is 86.2 Å². The van der Waals surface area contributed by atoms with Crippen molar-refractivity contribution in [3.8, 4) is 6.07 Å². The zero-order valence-corrected chi connectivity index (χ0v) is 25.6. The summed E-state index contributed by atoms with van der Waals surface area (Å²) in [6.07, 6.45) is 4.13. The van der Waals surface area contributed by atoms with E-state index in [-0.39, 0.29) is 36.1 Å². The van der Waals surface area contributed by atoms with Gasteiger partial charge in [0.1, 0.15) is 12.1 Å². The summed E-state index contributed by atoms with van der Waals surface area (Å²) in [7, 11) is 1.59. The Kier molecular flexibility index (Phi) is 14.4. The molecular weight excluding hydrogens is 506 g/mol. The zero-order chi connectivity index (χ0) is 30.5. The minimum Gasteiger partial charge on any atom is -0.344 e. The summed E-state index contributed by atoms with van der Waals surface area (Å²) >= 11 is 0. The molecule has 9 heteroatoms. The number of hydrogen-bond donors (Lipinski definition) is 2. The van der Waals surface area contributed by atoms with Gasteiger partial charge in [-0.05, 0) is 42.2 Å². The molecule has 2 N–H and O–H groups in total. The number of nitrogens with zero attached hydrogens (tertiary/aromatic N) is 3. The lowest BCUT2D eigenvalue weighted by atomic mass is 10.0. The smallest absolute Gasteiger partial charge is 0.245 e. The van der Waals surface area contributed by atoms with Crippen molar-refractivity contribution in [2.24, 2.45) is 23.2 Å². The number of likely N-dealkylation sites (N-methyl/N-ethyl adjacent to an activating group) is 1. The van der Waals surface area contributed by atoms with Crippen LogP contribution in [0.15, 0.2) is 30.3 Å². The van der Waals surface area contributed by atoms with E-state index >= 15 is 0 Å². The van der Waals surface area contributed by atoms with Crippen LogP contribution >= 0.6 is 0 Å². The van der Waals surface area contributed by atoms with Gasteiger partial charge < -0.3 is 20.4 Å². The Hall–Kier alpha value is -3.41. The summed E-state index contributed by atoms with van der Waals surface area (Å²) in [4.78, 5) is 50.2. The Balaban J connectivity index is 0.000000467. The average molecular weight is 556 g/mol. The molecule has 1 saturated carbocycles. The molecule has 1 aromatic rings. The molecule has 3 unspecified atom stereocenters. The molecule has 40 heavy (non-hydrogen) atoms. The van der Waals surface area contributed by atoms with Crippen LogP contribution in [0.3, 0.4) is 0 Å². The van der Waals surface area contributed by atoms with E-state index < -0.39 is 12.1 Å². The van der Waals surface area contributed by atoms with E-state index in [2.05, 4.69) is 44.4 Å². The van der Waals surface area contributed by atoms with E-state index in [0.717, 1.165) is 18.5 Å². The van der Waals surface area contributed by atoms with Gasteiger partial charge in [-0.1, -0.05) is 79.5 Å². The van der Waals surface area contributed by atoms with E-state index in [1.807, 2.05) is 37.3 Å². The monoisotopic (exact) mass is 555 g/mol. The Bertz CT molecular complexity index is 989. The van der Waals surface area contributed by atoms with Gasteiger partial charge in [0.2, 0.25) is 24.1 Å². The number of carbonyl (C=O) groups is 4. The molecule has 1 aromatic carbocycles. The Morgan fingerprint density at radius 1 is 1.15 bits per heavy atom. The fourth-order valence-electron chi connectivity index (χ4n) is 3.93. The Morgan fingerprint density at radius 3 is 2.20 bits per heavy atom. The number of para-hydroxylation sites is 1. The number of carbonyl (C=O) groups excluding carboxylic acids is 4. The maximum atomic E-state index is 12.8. The van der Waals surface area contributed by atoms with Gasteiger partial charge in [0.15, 0.2) is 0 Å². The second-order valence-corrected chi connectivity index (χ2v) is 12.7. The third-order valence-corrected chi connectivity index (χ3v) is 6.13. The van der Waals surface area contributed by atoms with Crippen LogP contribution in [0, 0.1) is 34.5 Å². The number of amides is 4. The number of nitriles is 1. The molecule has 0 radical (unpaired) electrons. The lowest BCUT2D eigenvalue weighted by Gasteiger charge is -2.27. The third kappa shape index (κ3) is 14.1. The van der Waals surface area contributed by atoms with Crippen LogP contribution in [0.25, 0.3) is 0 Å². The number of hydrogen-bond acceptors (Lipinski definition) is 5. The quantitative estimate of drug-likeness (QED) is 0.436. The van der Waals surface area contributed by atoms with Crippen LogP contribution in [0.5, 0.6) is 0 Å². The molecule has 1 aliphatic heterocycles. The summed E-state index contributed by atoms with van der Waals surface area (Å²) in [6, 6.07) is 10.5. The molecule has 222 valence electrons.